The second kappa shape index (κ2) is 12.5. The van der Waals surface area contributed by atoms with Gasteiger partial charge >= 0.3 is 0 Å². The van der Waals surface area contributed by atoms with Crippen LogP contribution in [0.1, 0.15) is 11.6 Å². The molecule has 2 aliphatic rings. The molecule has 3 N–H and O–H groups in total. The minimum Gasteiger partial charge on any atom is -0.394 e. The third-order valence-electron chi connectivity index (χ3n) is 7.36. The van der Waals surface area contributed by atoms with E-state index in [9.17, 15) is 38.5 Å². The van der Waals surface area contributed by atoms with Crippen LogP contribution in [0.3, 0.4) is 0 Å². The van der Waals surface area contributed by atoms with Gasteiger partial charge in [-0.3, -0.25) is 4.79 Å². The zero-order valence-corrected chi connectivity index (χ0v) is 23.1. The SMILES string of the molecule is CO[C@@H]1[C@@H](n2cc(-c3cc(F)c(F)c(F)c3)nn2)[C@@H](O)[C@@H](CO)O[C@H]1C(=O)N(c1cc(Cl)cc(C#N)c1)[C@@H]1COC[C@H]1O. The Morgan fingerprint density at radius 3 is 2.53 bits per heavy atom. The maximum absolute atomic E-state index is 14.3. The number of amides is 1. The van der Waals surface area contributed by atoms with Gasteiger partial charge in [0.2, 0.25) is 0 Å². The van der Waals surface area contributed by atoms with E-state index in [0.29, 0.717) is 0 Å². The van der Waals surface area contributed by atoms with Crippen LogP contribution in [-0.2, 0) is 19.0 Å². The number of anilines is 1. The molecule has 5 rings (SSSR count). The number of aliphatic hydroxyl groups excluding tert-OH is 3. The Hall–Kier alpha value is -3.62. The van der Waals surface area contributed by atoms with Crippen molar-refractivity contribution in [1.29, 1.82) is 5.26 Å². The molecule has 2 aromatic carbocycles. The highest BCUT2D eigenvalue weighted by Crippen LogP contribution is 2.36. The molecule has 0 aliphatic carbocycles. The average Bonchev–Trinajstić information content (AvgIpc) is 3.64. The molecule has 1 aromatic heterocycles. The number of nitriles is 1. The van der Waals surface area contributed by atoms with Crippen LogP contribution < -0.4 is 4.90 Å². The molecule has 0 bridgehead atoms. The number of ether oxygens (including phenoxy) is 3. The highest BCUT2D eigenvalue weighted by molar-refractivity contribution is 6.31. The Balaban J connectivity index is 1.55. The summed E-state index contributed by atoms with van der Waals surface area (Å²) in [6, 6.07) is 5.40. The van der Waals surface area contributed by atoms with Gasteiger partial charge in [-0.1, -0.05) is 16.8 Å². The number of carbonyl (C=O) groups excluding carboxylic acids is 1. The summed E-state index contributed by atoms with van der Waals surface area (Å²) in [7, 11) is 1.24. The summed E-state index contributed by atoms with van der Waals surface area (Å²) in [4.78, 5) is 15.5. The lowest BCUT2D eigenvalue weighted by Crippen LogP contribution is -2.63. The summed E-state index contributed by atoms with van der Waals surface area (Å²) in [6.45, 7) is -0.886. The number of nitrogens with zero attached hydrogens (tertiary/aromatic N) is 5. The van der Waals surface area contributed by atoms with Crippen molar-refractivity contribution < 1.29 is 47.5 Å². The van der Waals surface area contributed by atoms with E-state index < -0.39 is 72.6 Å². The molecule has 0 spiro atoms. The number of hydrogen-bond donors (Lipinski definition) is 3. The summed E-state index contributed by atoms with van der Waals surface area (Å²) in [5.41, 5.74) is 0.0336. The van der Waals surface area contributed by atoms with Crippen LogP contribution in [0.25, 0.3) is 11.3 Å². The number of aromatic nitrogens is 3. The Bertz CT molecular complexity index is 1530. The molecule has 0 radical (unpaired) electrons. The maximum atomic E-state index is 14.3. The lowest BCUT2D eigenvalue weighted by atomic mass is 9.91. The van der Waals surface area contributed by atoms with Crippen LogP contribution in [0.2, 0.25) is 5.02 Å². The summed E-state index contributed by atoms with van der Waals surface area (Å²) < 4.78 is 59.2. The van der Waals surface area contributed by atoms with E-state index >= 15 is 0 Å². The molecule has 228 valence electrons. The van der Waals surface area contributed by atoms with Crippen molar-refractivity contribution in [2.75, 3.05) is 31.8 Å². The minimum absolute atomic E-state index is 0.0710. The molecule has 2 aliphatic heterocycles. The predicted octanol–water partition coefficient (Wildman–Crippen LogP) is 1.36. The van der Waals surface area contributed by atoms with Gasteiger partial charge in [-0.05, 0) is 30.3 Å². The molecular formula is C27H25ClF3N5O7. The molecule has 43 heavy (non-hydrogen) atoms. The Kier molecular flexibility index (Phi) is 8.99. The van der Waals surface area contributed by atoms with Gasteiger partial charge in [-0.2, -0.15) is 5.26 Å². The van der Waals surface area contributed by atoms with Crippen molar-refractivity contribution in [2.24, 2.45) is 0 Å². The first kappa shape index (κ1) is 30.8. The largest absolute Gasteiger partial charge is 0.394 e. The van der Waals surface area contributed by atoms with Crippen LogP contribution >= 0.6 is 11.6 Å². The van der Waals surface area contributed by atoms with Crippen molar-refractivity contribution in [3.63, 3.8) is 0 Å². The highest BCUT2D eigenvalue weighted by Gasteiger charge is 2.52. The topological polar surface area (TPSA) is 163 Å². The normalized spacial score (nSPS) is 27.2. The predicted molar refractivity (Wildman–Crippen MR) is 141 cm³/mol. The van der Waals surface area contributed by atoms with E-state index in [-0.39, 0.29) is 40.7 Å². The third kappa shape index (κ3) is 5.83. The molecule has 2 saturated heterocycles. The Morgan fingerprint density at radius 1 is 1.21 bits per heavy atom. The lowest BCUT2D eigenvalue weighted by Gasteiger charge is -2.45. The second-order valence-electron chi connectivity index (χ2n) is 9.99. The van der Waals surface area contributed by atoms with Crippen molar-refractivity contribution in [3.05, 3.63) is 64.6 Å². The van der Waals surface area contributed by atoms with E-state index in [1.54, 1.807) is 0 Å². The van der Waals surface area contributed by atoms with Crippen LogP contribution in [0.5, 0.6) is 0 Å². The molecule has 7 atom stereocenters. The van der Waals surface area contributed by atoms with Crippen LogP contribution in [0, 0.1) is 28.8 Å². The summed E-state index contributed by atoms with van der Waals surface area (Å²) in [5, 5.41) is 49.3. The molecule has 16 heteroatoms. The zero-order valence-electron chi connectivity index (χ0n) is 22.3. The number of aliphatic hydroxyl groups is 3. The lowest BCUT2D eigenvalue weighted by molar-refractivity contribution is -0.211. The van der Waals surface area contributed by atoms with Crippen LogP contribution in [-0.4, -0.2) is 99.7 Å². The number of methoxy groups -OCH3 is 1. The molecular weight excluding hydrogens is 599 g/mol. The number of benzene rings is 2. The van der Waals surface area contributed by atoms with Gasteiger partial charge in [-0.15, -0.1) is 5.10 Å². The fourth-order valence-electron chi connectivity index (χ4n) is 5.29. The molecule has 3 heterocycles. The number of rotatable bonds is 7. The average molecular weight is 624 g/mol. The Labute approximate surface area is 247 Å². The summed E-state index contributed by atoms with van der Waals surface area (Å²) in [5.74, 6) is -5.34. The molecule has 0 unspecified atom stereocenters. The van der Waals surface area contributed by atoms with Gasteiger partial charge in [0.1, 0.15) is 36.2 Å². The number of carbonyl (C=O) groups is 1. The van der Waals surface area contributed by atoms with Crippen LogP contribution in [0.4, 0.5) is 18.9 Å². The van der Waals surface area contributed by atoms with Crippen molar-refractivity contribution in [3.8, 4) is 17.3 Å². The number of halogens is 4. The molecule has 0 saturated carbocycles. The van der Waals surface area contributed by atoms with Gasteiger partial charge in [0.05, 0.1) is 43.7 Å². The van der Waals surface area contributed by atoms with Crippen LogP contribution in [0.15, 0.2) is 36.5 Å². The van der Waals surface area contributed by atoms with E-state index in [4.69, 9.17) is 25.8 Å². The minimum atomic E-state index is -1.66. The first-order valence-electron chi connectivity index (χ1n) is 12.9. The third-order valence-corrected chi connectivity index (χ3v) is 7.58. The van der Waals surface area contributed by atoms with E-state index in [2.05, 4.69) is 10.3 Å². The Morgan fingerprint density at radius 2 is 1.93 bits per heavy atom. The standard InChI is InChI=1S/C27H25ClF3N5O7/c1-41-25-23(35-8-18(33-34-35)13-4-16(29)22(31)17(30)5-13)24(39)21(9-37)43-26(25)27(40)36(19-10-42-11-20(19)38)15-3-12(7-32)2-14(28)6-15/h2-6,8,19-21,23-26,37-39H,9-11H2,1H3/t19-,20-,21-,23+,24+,25-,26-/m1/s1. The van der Waals surface area contributed by atoms with E-state index in [1.807, 2.05) is 6.07 Å². The first-order chi connectivity index (χ1) is 20.6. The maximum Gasteiger partial charge on any atom is 0.259 e. The fourth-order valence-corrected chi connectivity index (χ4v) is 5.52. The first-order valence-corrected chi connectivity index (χ1v) is 13.3. The van der Waals surface area contributed by atoms with Gasteiger partial charge in [0, 0.05) is 23.4 Å². The molecule has 3 aromatic rings. The smallest absolute Gasteiger partial charge is 0.259 e. The van der Waals surface area contributed by atoms with Gasteiger partial charge in [0.15, 0.2) is 23.6 Å². The second-order valence-corrected chi connectivity index (χ2v) is 10.4. The number of hydrogen-bond acceptors (Lipinski definition) is 10. The van der Waals surface area contributed by atoms with Crippen molar-refractivity contribution >= 4 is 23.2 Å². The molecule has 2 fully saturated rings. The van der Waals surface area contributed by atoms with Gasteiger partial charge < -0.3 is 34.4 Å². The zero-order chi connectivity index (χ0) is 31.0. The van der Waals surface area contributed by atoms with Gasteiger partial charge in [-0.25, -0.2) is 17.9 Å². The highest BCUT2D eigenvalue weighted by atomic mass is 35.5. The van der Waals surface area contributed by atoms with Crippen molar-refractivity contribution in [2.45, 2.75) is 42.6 Å². The summed E-state index contributed by atoms with van der Waals surface area (Å²) >= 11 is 6.22. The van der Waals surface area contributed by atoms with Crippen molar-refractivity contribution in [1.82, 2.24) is 15.0 Å². The van der Waals surface area contributed by atoms with E-state index in [1.165, 1.54) is 36.4 Å². The fraction of sp³-hybridized carbons (Fsp3) is 0.407. The van der Waals surface area contributed by atoms with Gasteiger partial charge in [0.25, 0.3) is 5.91 Å². The quantitative estimate of drug-likeness (QED) is 0.328. The molecule has 1 amide bonds. The van der Waals surface area contributed by atoms with E-state index in [0.717, 1.165) is 16.8 Å². The molecule has 12 nitrogen and oxygen atoms in total. The summed E-state index contributed by atoms with van der Waals surface area (Å²) in [6.07, 6.45) is -5.64. The monoisotopic (exact) mass is 623 g/mol.